The van der Waals surface area contributed by atoms with E-state index in [4.69, 9.17) is 4.74 Å². The molecule has 0 radical (unpaired) electrons. The number of hydrogen-bond acceptors (Lipinski definition) is 3. The van der Waals surface area contributed by atoms with Crippen LogP contribution in [0.5, 0.6) is 0 Å². The standard InChI is InChI=1S/C17H32O3/c1-11-10-12(15(4,5)14(11,2)3)13(18)20-17(8,9)16(6,7)19/h11-12,19H,10H2,1-9H3. The number of hydrogen-bond donors (Lipinski definition) is 1. The van der Waals surface area contributed by atoms with Crippen molar-refractivity contribution in [2.24, 2.45) is 22.7 Å². The summed E-state index contributed by atoms with van der Waals surface area (Å²) < 4.78 is 5.67. The molecule has 2 unspecified atom stereocenters. The second-order valence-corrected chi connectivity index (χ2v) is 8.62. The first-order valence-corrected chi connectivity index (χ1v) is 7.60. The van der Waals surface area contributed by atoms with Gasteiger partial charge in [-0.15, -0.1) is 0 Å². The highest BCUT2D eigenvalue weighted by atomic mass is 16.6. The van der Waals surface area contributed by atoms with Gasteiger partial charge in [0.05, 0.1) is 11.5 Å². The molecular formula is C17H32O3. The molecule has 3 nitrogen and oxygen atoms in total. The van der Waals surface area contributed by atoms with E-state index < -0.39 is 11.2 Å². The third-order valence-corrected chi connectivity index (χ3v) is 6.47. The maximum Gasteiger partial charge on any atom is 0.310 e. The Morgan fingerprint density at radius 1 is 1.10 bits per heavy atom. The lowest BCUT2D eigenvalue weighted by molar-refractivity contribution is -0.189. The fraction of sp³-hybridized carbons (Fsp3) is 0.941. The van der Waals surface area contributed by atoms with Gasteiger partial charge in [0.1, 0.15) is 5.60 Å². The summed E-state index contributed by atoms with van der Waals surface area (Å²) in [6.45, 7) is 17.8. The Bertz CT molecular complexity index is 386. The molecule has 20 heavy (non-hydrogen) atoms. The summed E-state index contributed by atoms with van der Waals surface area (Å²) >= 11 is 0. The molecule has 1 rings (SSSR count). The first kappa shape index (κ1) is 17.5. The van der Waals surface area contributed by atoms with Crippen molar-refractivity contribution in [3.05, 3.63) is 0 Å². The maximum atomic E-state index is 12.6. The van der Waals surface area contributed by atoms with Crippen LogP contribution in [0.1, 0.15) is 68.7 Å². The van der Waals surface area contributed by atoms with Crippen LogP contribution in [-0.2, 0) is 9.53 Å². The highest BCUT2D eigenvalue weighted by molar-refractivity contribution is 5.74. The van der Waals surface area contributed by atoms with Gasteiger partial charge >= 0.3 is 5.97 Å². The number of ether oxygens (including phenoxy) is 1. The van der Waals surface area contributed by atoms with Gasteiger partial charge in [0, 0.05) is 0 Å². The molecule has 0 aromatic rings. The molecule has 2 atom stereocenters. The molecule has 1 aliphatic carbocycles. The van der Waals surface area contributed by atoms with Crippen molar-refractivity contribution in [2.75, 3.05) is 0 Å². The Morgan fingerprint density at radius 2 is 1.55 bits per heavy atom. The van der Waals surface area contributed by atoms with Crippen LogP contribution >= 0.6 is 0 Å². The zero-order chi connectivity index (χ0) is 16.1. The summed E-state index contributed by atoms with van der Waals surface area (Å²) in [5.41, 5.74) is -1.97. The zero-order valence-electron chi connectivity index (χ0n) is 14.6. The predicted molar refractivity (Wildman–Crippen MR) is 81.3 cm³/mol. The van der Waals surface area contributed by atoms with Gasteiger partial charge in [0.2, 0.25) is 0 Å². The van der Waals surface area contributed by atoms with Crippen LogP contribution in [0.4, 0.5) is 0 Å². The monoisotopic (exact) mass is 284 g/mol. The lowest BCUT2D eigenvalue weighted by atomic mass is 9.65. The molecule has 0 aliphatic heterocycles. The largest absolute Gasteiger partial charge is 0.456 e. The quantitative estimate of drug-likeness (QED) is 0.802. The van der Waals surface area contributed by atoms with E-state index in [0.717, 1.165) is 6.42 Å². The van der Waals surface area contributed by atoms with Crippen LogP contribution < -0.4 is 0 Å². The average molecular weight is 284 g/mol. The predicted octanol–water partition coefficient (Wildman–Crippen LogP) is 3.79. The van der Waals surface area contributed by atoms with E-state index in [-0.39, 0.29) is 22.7 Å². The van der Waals surface area contributed by atoms with Crippen LogP contribution in [0.2, 0.25) is 0 Å². The van der Waals surface area contributed by atoms with Gasteiger partial charge in [0.15, 0.2) is 0 Å². The van der Waals surface area contributed by atoms with Crippen molar-refractivity contribution in [3.8, 4) is 0 Å². The van der Waals surface area contributed by atoms with Crippen molar-refractivity contribution < 1.29 is 14.6 Å². The average Bonchev–Trinajstić information content (AvgIpc) is 2.36. The van der Waals surface area contributed by atoms with E-state index in [1.807, 2.05) is 0 Å². The van der Waals surface area contributed by atoms with Gasteiger partial charge in [-0.2, -0.15) is 0 Å². The first-order chi connectivity index (χ1) is 8.64. The summed E-state index contributed by atoms with van der Waals surface area (Å²) in [4.78, 5) is 12.6. The van der Waals surface area contributed by atoms with Crippen molar-refractivity contribution in [1.82, 2.24) is 0 Å². The lowest BCUT2D eigenvalue weighted by Crippen LogP contribution is -2.50. The van der Waals surface area contributed by atoms with Gasteiger partial charge in [0.25, 0.3) is 0 Å². The van der Waals surface area contributed by atoms with Crippen molar-refractivity contribution in [1.29, 1.82) is 0 Å². The van der Waals surface area contributed by atoms with Crippen molar-refractivity contribution in [2.45, 2.75) is 79.9 Å². The Labute approximate surface area is 124 Å². The van der Waals surface area contributed by atoms with Crippen LogP contribution in [0, 0.1) is 22.7 Å². The number of aliphatic hydroxyl groups is 1. The number of esters is 1. The molecular weight excluding hydrogens is 252 g/mol. The van der Waals surface area contributed by atoms with E-state index in [2.05, 4.69) is 34.6 Å². The Balaban J connectivity index is 2.96. The number of carbonyl (C=O) groups excluding carboxylic acids is 1. The minimum Gasteiger partial charge on any atom is -0.456 e. The molecule has 0 aromatic carbocycles. The summed E-state index contributed by atoms with van der Waals surface area (Å²) in [5, 5.41) is 10.1. The van der Waals surface area contributed by atoms with Crippen LogP contribution in [0.25, 0.3) is 0 Å². The van der Waals surface area contributed by atoms with Crippen molar-refractivity contribution >= 4 is 5.97 Å². The second-order valence-electron chi connectivity index (χ2n) is 8.62. The molecule has 118 valence electrons. The Hall–Kier alpha value is -0.570. The highest BCUT2D eigenvalue weighted by Gasteiger charge is 2.56. The van der Waals surface area contributed by atoms with Gasteiger partial charge in [-0.25, -0.2) is 0 Å². The third-order valence-electron chi connectivity index (χ3n) is 6.47. The van der Waals surface area contributed by atoms with Gasteiger partial charge in [-0.1, -0.05) is 34.6 Å². The second kappa shape index (κ2) is 4.72. The van der Waals surface area contributed by atoms with E-state index in [1.54, 1.807) is 27.7 Å². The highest BCUT2D eigenvalue weighted by Crippen LogP contribution is 2.59. The van der Waals surface area contributed by atoms with E-state index >= 15 is 0 Å². The smallest absolute Gasteiger partial charge is 0.310 e. The fourth-order valence-electron chi connectivity index (χ4n) is 2.87. The van der Waals surface area contributed by atoms with E-state index in [1.165, 1.54) is 0 Å². The van der Waals surface area contributed by atoms with Gasteiger partial charge in [-0.3, -0.25) is 4.79 Å². The molecule has 1 saturated carbocycles. The summed E-state index contributed by atoms with van der Waals surface area (Å²) in [7, 11) is 0. The molecule has 0 amide bonds. The maximum absolute atomic E-state index is 12.6. The SMILES string of the molecule is CC1CC(C(=O)OC(C)(C)C(C)(C)O)C(C)(C)C1(C)C. The minimum absolute atomic E-state index is 0.0928. The molecule has 0 bridgehead atoms. The van der Waals surface area contributed by atoms with Gasteiger partial charge < -0.3 is 9.84 Å². The fourth-order valence-corrected chi connectivity index (χ4v) is 2.87. The first-order valence-electron chi connectivity index (χ1n) is 7.60. The normalized spacial score (nSPS) is 29.3. The Kier molecular flexibility index (Phi) is 4.13. The van der Waals surface area contributed by atoms with Crippen LogP contribution in [0.3, 0.4) is 0 Å². The summed E-state index contributed by atoms with van der Waals surface area (Å²) in [6.07, 6.45) is 0.848. The minimum atomic E-state index is -1.06. The molecule has 0 spiro atoms. The number of carbonyl (C=O) groups is 1. The third kappa shape index (κ3) is 2.61. The van der Waals surface area contributed by atoms with E-state index in [0.29, 0.717) is 5.92 Å². The molecule has 3 heteroatoms. The number of rotatable bonds is 3. The van der Waals surface area contributed by atoms with Crippen molar-refractivity contribution in [3.63, 3.8) is 0 Å². The topological polar surface area (TPSA) is 46.5 Å². The molecule has 1 N–H and O–H groups in total. The summed E-state index contributed by atoms with van der Waals surface area (Å²) in [5.74, 6) is 0.175. The van der Waals surface area contributed by atoms with E-state index in [9.17, 15) is 9.90 Å². The molecule has 1 aliphatic rings. The zero-order valence-corrected chi connectivity index (χ0v) is 14.6. The molecule has 0 aromatic heterocycles. The Morgan fingerprint density at radius 3 is 1.85 bits per heavy atom. The molecule has 0 saturated heterocycles. The van der Waals surface area contributed by atoms with Crippen LogP contribution in [0.15, 0.2) is 0 Å². The lowest BCUT2D eigenvalue weighted by Gasteiger charge is -2.42. The molecule has 1 fully saturated rings. The molecule has 0 heterocycles. The van der Waals surface area contributed by atoms with Gasteiger partial charge in [-0.05, 0) is 50.9 Å². The summed E-state index contributed by atoms with van der Waals surface area (Å²) in [6, 6.07) is 0. The van der Waals surface area contributed by atoms with Crippen LogP contribution in [-0.4, -0.2) is 22.3 Å².